The molecule has 0 fully saturated rings. The molecule has 0 heterocycles. The lowest BCUT2D eigenvalue weighted by molar-refractivity contribution is -0.284. The van der Waals surface area contributed by atoms with Crippen molar-refractivity contribution in [1.29, 1.82) is 0 Å². The lowest BCUT2D eigenvalue weighted by Crippen LogP contribution is -2.35. The molecule has 0 aliphatic rings. The lowest BCUT2D eigenvalue weighted by Gasteiger charge is -2.20. The molecule has 12 heteroatoms. The second-order valence-corrected chi connectivity index (χ2v) is 4.80. The second kappa shape index (κ2) is 25.2. The van der Waals surface area contributed by atoms with Crippen molar-refractivity contribution in [3.63, 3.8) is 0 Å². The minimum absolute atomic E-state index is 0. The standard InChI is InChI=1S/C10H8.C5H6F6.2C2H6.CH4.2O2S/c1-2-6-10-8-4-3-7-9(10)5-1;1-2-3(4(6,7)8)5(9,10)11;2*1-2;;2*1-3-2/h1-8H;3H,2H2,1H3;2*1-2H3;1H4;;. The van der Waals surface area contributed by atoms with Gasteiger partial charge in [0.2, 0.25) is 0 Å². The molecule has 4 nitrogen and oxygen atoms in total. The van der Waals surface area contributed by atoms with Crippen LogP contribution >= 0.6 is 0 Å². The van der Waals surface area contributed by atoms with E-state index < -0.39 is 47.8 Å². The highest BCUT2D eigenvalue weighted by Gasteiger charge is 2.55. The molecule has 2 aromatic rings. The van der Waals surface area contributed by atoms with Crippen molar-refractivity contribution >= 4 is 33.9 Å². The highest BCUT2D eigenvalue weighted by atomic mass is 32.1. The summed E-state index contributed by atoms with van der Waals surface area (Å²) in [5.74, 6) is -3.19. The molecule has 0 saturated heterocycles. The minimum atomic E-state index is -5.17. The van der Waals surface area contributed by atoms with Gasteiger partial charge in [-0.1, -0.05) is 90.6 Å². The summed E-state index contributed by atoms with van der Waals surface area (Å²) < 4.78 is 102. The van der Waals surface area contributed by atoms with Crippen LogP contribution in [0.2, 0.25) is 0 Å². The summed E-state index contributed by atoms with van der Waals surface area (Å²) in [6, 6.07) is 16.7. The van der Waals surface area contributed by atoms with Crippen molar-refractivity contribution < 1.29 is 43.2 Å². The number of alkyl halides is 6. The maximum atomic E-state index is 11.5. The lowest BCUT2D eigenvalue weighted by atomic mass is 10.1. The van der Waals surface area contributed by atoms with Gasteiger partial charge in [-0.25, -0.2) is 0 Å². The highest BCUT2D eigenvalue weighted by Crippen LogP contribution is 2.40. The average molecular weight is 513 g/mol. The first-order valence-corrected chi connectivity index (χ1v) is 10.2. The molecule has 2 rings (SSSR count). The van der Waals surface area contributed by atoms with Gasteiger partial charge in [-0.2, -0.15) is 43.2 Å². The fourth-order valence-electron chi connectivity index (χ4n) is 1.78. The molecule has 0 amide bonds. The van der Waals surface area contributed by atoms with Crippen LogP contribution in [0.1, 0.15) is 48.5 Å². The predicted octanol–water partition coefficient (Wildman–Crippen LogP) is 7.33. The molecule has 0 unspecified atom stereocenters. The quantitative estimate of drug-likeness (QED) is 0.375. The summed E-state index contributed by atoms with van der Waals surface area (Å²) in [4.78, 5) is 0. The van der Waals surface area contributed by atoms with E-state index in [9.17, 15) is 26.3 Å². The Kier molecular flexibility index (Phi) is 31.7. The third kappa shape index (κ3) is 22.6. The predicted molar refractivity (Wildman–Crippen MR) is 117 cm³/mol. The summed E-state index contributed by atoms with van der Waals surface area (Å²) in [6.45, 7) is 8.85. The fourth-order valence-corrected chi connectivity index (χ4v) is 1.78. The monoisotopic (exact) mass is 512 g/mol. The van der Waals surface area contributed by atoms with Crippen molar-refractivity contribution in [3.05, 3.63) is 48.5 Å². The van der Waals surface area contributed by atoms with Crippen LogP contribution < -0.4 is 0 Å². The van der Waals surface area contributed by atoms with Crippen LogP contribution in [0.4, 0.5) is 26.3 Å². The van der Waals surface area contributed by atoms with Gasteiger partial charge in [0, 0.05) is 0 Å². The molecule has 0 aliphatic heterocycles. The molecule has 0 aromatic heterocycles. The van der Waals surface area contributed by atoms with E-state index in [4.69, 9.17) is 16.8 Å². The molecule has 2 aromatic carbocycles. The summed E-state index contributed by atoms with van der Waals surface area (Å²) in [7, 11) is 0. The van der Waals surface area contributed by atoms with E-state index in [2.05, 4.69) is 48.5 Å². The van der Waals surface area contributed by atoms with Crippen molar-refractivity contribution in [2.24, 2.45) is 5.92 Å². The normalized spacial score (nSPS) is 9.12. The van der Waals surface area contributed by atoms with Gasteiger partial charge in [0.25, 0.3) is 0 Å². The van der Waals surface area contributed by atoms with Gasteiger partial charge < -0.3 is 0 Å². The Labute approximate surface area is 192 Å². The Morgan fingerprint density at radius 3 is 0.938 bits per heavy atom. The largest absolute Gasteiger partial charge is 0.400 e. The van der Waals surface area contributed by atoms with Gasteiger partial charge in [-0.15, -0.1) is 0 Å². The van der Waals surface area contributed by atoms with Gasteiger partial charge in [0.15, 0.2) is 0 Å². The molecule has 0 radical (unpaired) electrons. The molecule has 188 valence electrons. The summed E-state index contributed by atoms with van der Waals surface area (Å²) >= 11 is -1.50. The van der Waals surface area contributed by atoms with Crippen LogP contribution in [0.5, 0.6) is 0 Å². The Morgan fingerprint density at radius 2 is 0.844 bits per heavy atom. The van der Waals surface area contributed by atoms with E-state index in [0.29, 0.717) is 0 Å². The maximum absolute atomic E-state index is 11.5. The van der Waals surface area contributed by atoms with E-state index in [-0.39, 0.29) is 7.43 Å². The molecule has 0 atom stereocenters. The number of fused-ring (bicyclic) bond motifs is 1. The van der Waals surface area contributed by atoms with Crippen molar-refractivity contribution in [2.45, 2.75) is 60.8 Å². The number of hydrogen-bond acceptors (Lipinski definition) is 4. The van der Waals surface area contributed by atoms with E-state index in [1.807, 2.05) is 27.7 Å². The Morgan fingerprint density at radius 1 is 0.656 bits per heavy atom. The molecule has 32 heavy (non-hydrogen) atoms. The zero-order valence-corrected chi connectivity index (χ0v) is 19.3. The second-order valence-electron chi connectivity index (χ2n) is 4.53. The van der Waals surface area contributed by atoms with E-state index in [0.717, 1.165) is 6.92 Å². The Bertz CT molecular complexity index is 649. The van der Waals surface area contributed by atoms with Crippen LogP contribution in [0, 0.1) is 5.92 Å². The molecular formula is C20H30F6O4S2. The smallest absolute Gasteiger partial charge is 0.170 e. The van der Waals surface area contributed by atoms with Crippen molar-refractivity contribution in [3.8, 4) is 0 Å². The minimum Gasteiger partial charge on any atom is -0.170 e. The van der Waals surface area contributed by atoms with E-state index >= 15 is 0 Å². The number of benzene rings is 2. The van der Waals surface area contributed by atoms with Crippen LogP contribution in [0.25, 0.3) is 10.8 Å². The van der Waals surface area contributed by atoms with E-state index in [1.54, 1.807) is 0 Å². The topological polar surface area (TPSA) is 68.3 Å². The molecule has 0 saturated carbocycles. The van der Waals surface area contributed by atoms with Crippen LogP contribution in [0.15, 0.2) is 48.5 Å². The molecule has 0 aliphatic carbocycles. The third-order valence-corrected chi connectivity index (χ3v) is 2.86. The third-order valence-electron chi connectivity index (χ3n) is 2.86. The van der Waals surface area contributed by atoms with Crippen molar-refractivity contribution in [2.75, 3.05) is 0 Å². The van der Waals surface area contributed by atoms with Gasteiger partial charge in [-0.05, 0) is 17.2 Å². The molecular weight excluding hydrogens is 482 g/mol. The molecule has 0 spiro atoms. The van der Waals surface area contributed by atoms with E-state index in [1.165, 1.54) is 10.8 Å². The average Bonchev–Trinajstić information content (AvgIpc) is 2.71. The van der Waals surface area contributed by atoms with Gasteiger partial charge in [0.05, 0.1) is 0 Å². The molecule has 0 N–H and O–H groups in total. The highest BCUT2D eigenvalue weighted by molar-refractivity contribution is 7.51. The van der Waals surface area contributed by atoms with Gasteiger partial charge in [-0.3, -0.25) is 0 Å². The first-order chi connectivity index (χ1) is 14.5. The fraction of sp³-hybridized carbons (Fsp3) is 0.500. The Balaban J connectivity index is -0.000000106. The summed E-state index contributed by atoms with van der Waals surface area (Å²) in [5, 5.41) is 2.62. The zero-order chi connectivity index (χ0) is 25.5. The summed E-state index contributed by atoms with van der Waals surface area (Å²) in [6.07, 6.45) is -11.3. The first-order valence-electron chi connectivity index (χ1n) is 8.90. The number of rotatable bonds is 1. The van der Waals surface area contributed by atoms with Crippen LogP contribution in [0.3, 0.4) is 0 Å². The Hall–Kier alpha value is -2.08. The molecule has 0 bridgehead atoms. The number of halogens is 6. The zero-order valence-electron chi connectivity index (χ0n) is 17.6. The maximum Gasteiger partial charge on any atom is 0.400 e. The van der Waals surface area contributed by atoms with Gasteiger partial charge in [0.1, 0.15) is 5.92 Å². The first kappa shape index (κ1) is 40.3. The van der Waals surface area contributed by atoms with Crippen molar-refractivity contribution in [1.82, 2.24) is 0 Å². The van der Waals surface area contributed by atoms with Gasteiger partial charge >= 0.3 is 35.5 Å². The number of hydrogen-bond donors (Lipinski definition) is 0. The summed E-state index contributed by atoms with van der Waals surface area (Å²) in [5.41, 5.74) is 0. The van der Waals surface area contributed by atoms with Crippen LogP contribution in [-0.2, 0) is 23.1 Å². The van der Waals surface area contributed by atoms with Crippen LogP contribution in [-0.4, -0.2) is 29.2 Å². The SMILES string of the molecule is C.CC.CC.CCC(C(F)(F)F)C(F)(F)F.O=S=O.O=S=O.c1ccc2ccccc2c1.